The van der Waals surface area contributed by atoms with Gasteiger partial charge in [-0.15, -0.1) is 0 Å². The number of halogens is 2. The SMILES string of the molecule is CN(C(=O)C1NNC2CCN(C(=O)c3cc4ccccc4[nH]3)CC21)C1(COC(F)F)CC1. The van der Waals surface area contributed by atoms with Gasteiger partial charge in [0.05, 0.1) is 12.1 Å². The van der Waals surface area contributed by atoms with Gasteiger partial charge in [0.15, 0.2) is 0 Å². The van der Waals surface area contributed by atoms with Gasteiger partial charge in [-0.1, -0.05) is 18.2 Å². The highest BCUT2D eigenvalue weighted by Gasteiger charge is 2.53. The van der Waals surface area contributed by atoms with Gasteiger partial charge in [-0.25, -0.2) is 5.43 Å². The number of aromatic amines is 1. The van der Waals surface area contributed by atoms with Crippen LogP contribution in [0.1, 0.15) is 29.8 Å². The first-order chi connectivity index (χ1) is 15.4. The molecule has 3 heterocycles. The van der Waals surface area contributed by atoms with Crippen molar-refractivity contribution in [2.24, 2.45) is 5.92 Å². The molecule has 3 fully saturated rings. The van der Waals surface area contributed by atoms with E-state index < -0.39 is 18.2 Å². The summed E-state index contributed by atoms with van der Waals surface area (Å²) in [5.74, 6) is -0.366. The summed E-state index contributed by atoms with van der Waals surface area (Å²) in [5, 5.41) is 0.977. The zero-order valence-corrected chi connectivity index (χ0v) is 17.8. The number of carbonyl (C=O) groups excluding carboxylic acids is 2. The molecule has 172 valence electrons. The number of hydrogen-bond donors (Lipinski definition) is 3. The molecule has 8 nitrogen and oxygen atoms in total. The van der Waals surface area contributed by atoms with E-state index in [1.165, 1.54) is 0 Å². The number of amides is 2. The minimum absolute atomic E-state index is 0.0663. The number of carbonyl (C=O) groups is 2. The van der Waals surface area contributed by atoms with Crippen LogP contribution in [0.5, 0.6) is 0 Å². The second-order valence-corrected chi connectivity index (χ2v) is 9.04. The average molecular weight is 447 g/mol. The monoisotopic (exact) mass is 447 g/mol. The molecule has 2 aromatic rings. The molecule has 2 saturated heterocycles. The smallest absolute Gasteiger partial charge is 0.345 e. The Hall–Kier alpha value is -2.56. The number of alkyl halides is 2. The van der Waals surface area contributed by atoms with Crippen molar-refractivity contribution in [3.05, 3.63) is 36.0 Å². The van der Waals surface area contributed by atoms with Crippen molar-refractivity contribution in [3.8, 4) is 0 Å². The van der Waals surface area contributed by atoms with E-state index in [2.05, 4.69) is 20.6 Å². The van der Waals surface area contributed by atoms with Crippen LogP contribution in [-0.4, -0.2) is 77.6 Å². The fourth-order valence-electron chi connectivity index (χ4n) is 4.97. The number of nitrogens with one attached hydrogen (secondary N) is 3. The Morgan fingerprint density at radius 1 is 1.28 bits per heavy atom. The number of nitrogens with zero attached hydrogens (tertiary/aromatic N) is 2. The Morgan fingerprint density at radius 3 is 2.78 bits per heavy atom. The van der Waals surface area contributed by atoms with E-state index in [1.54, 1.807) is 16.8 Å². The first kappa shape index (κ1) is 21.3. The third-order valence-corrected chi connectivity index (χ3v) is 7.17. The van der Waals surface area contributed by atoms with Gasteiger partial charge in [0, 0.05) is 43.0 Å². The van der Waals surface area contributed by atoms with E-state index in [4.69, 9.17) is 0 Å². The maximum absolute atomic E-state index is 13.3. The number of hydrogen-bond acceptors (Lipinski definition) is 5. The lowest BCUT2D eigenvalue weighted by Gasteiger charge is -2.37. The summed E-state index contributed by atoms with van der Waals surface area (Å²) in [6, 6.07) is 9.11. The van der Waals surface area contributed by atoms with Gasteiger partial charge in [-0.3, -0.25) is 15.0 Å². The minimum Gasteiger partial charge on any atom is -0.351 e. The maximum atomic E-state index is 13.3. The van der Waals surface area contributed by atoms with Crippen LogP contribution >= 0.6 is 0 Å². The zero-order chi connectivity index (χ0) is 22.5. The van der Waals surface area contributed by atoms with Gasteiger partial charge in [-0.2, -0.15) is 8.78 Å². The number of ether oxygens (including phenoxy) is 1. The fourth-order valence-corrected chi connectivity index (χ4v) is 4.97. The predicted octanol–water partition coefficient (Wildman–Crippen LogP) is 1.71. The minimum atomic E-state index is -2.85. The molecule has 32 heavy (non-hydrogen) atoms. The second-order valence-electron chi connectivity index (χ2n) is 9.04. The normalized spacial score (nSPS) is 26.4. The van der Waals surface area contributed by atoms with Gasteiger partial charge < -0.3 is 19.5 Å². The number of benzene rings is 1. The standard InChI is InChI=1S/C22H27F2N5O3/c1-28(22(7-8-22)12-32-21(23)24)20(31)18-14-11-29(9-6-16(14)26-27-18)19(30)17-10-13-4-2-3-5-15(13)25-17/h2-5,10,14,16,18,21,25-27H,6-9,11-12H2,1H3. The Bertz CT molecular complexity index is 991. The summed E-state index contributed by atoms with van der Waals surface area (Å²) >= 11 is 0. The molecular formula is C22H27F2N5O3. The molecule has 1 saturated carbocycles. The highest BCUT2D eigenvalue weighted by atomic mass is 19.3. The lowest BCUT2D eigenvalue weighted by Crippen LogP contribution is -2.55. The van der Waals surface area contributed by atoms with Crippen molar-refractivity contribution < 1.29 is 23.1 Å². The molecule has 0 spiro atoms. The molecule has 1 aromatic carbocycles. The molecule has 3 unspecified atom stereocenters. The predicted molar refractivity (Wildman–Crippen MR) is 113 cm³/mol. The van der Waals surface area contributed by atoms with Crippen LogP contribution in [0.25, 0.3) is 10.9 Å². The third-order valence-electron chi connectivity index (χ3n) is 7.17. The molecule has 5 rings (SSSR count). The van der Waals surface area contributed by atoms with Crippen molar-refractivity contribution in [2.75, 3.05) is 26.7 Å². The number of likely N-dealkylation sites (tertiary alicyclic amines) is 1. The molecule has 10 heteroatoms. The Balaban J connectivity index is 1.28. The molecule has 1 aliphatic carbocycles. The molecule has 3 N–H and O–H groups in total. The van der Waals surface area contributed by atoms with Gasteiger partial charge in [0.1, 0.15) is 11.7 Å². The summed E-state index contributed by atoms with van der Waals surface area (Å²) in [7, 11) is 1.65. The highest BCUT2D eigenvalue weighted by Crippen LogP contribution is 2.42. The van der Waals surface area contributed by atoms with Crippen molar-refractivity contribution in [1.29, 1.82) is 0 Å². The quantitative estimate of drug-likeness (QED) is 0.627. The molecule has 1 aromatic heterocycles. The number of H-pyrrole nitrogens is 1. The largest absolute Gasteiger partial charge is 0.351 e. The topological polar surface area (TPSA) is 89.7 Å². The van der Waals surface area contributed by atoms with E-state index in [0.29, 0.717) is 31.6 Å². The van der Waals surface area contributed by atoms with Crippen molar-refractivity contribution >= 4 is 22.7 Å². The average Bonchev–Trinajstić information content (AvgIpc) is 3.27. The van der Waals surface area contributed by atoms with E-state index in [9.17, 15) is 18.4 Å². The number of likely N-dealkylation sites (N-methyl/N-ethyl adjacent to an activating group) is 1. The van der Waals surface area contributed by atoms with Crippen LogP contribution in [0.4, 0.5) is 8.78 Å². The van der Waals surface area contributed by atoms with Crippen molar-refractivity contribution in [3.63, 3.8) is 0 Å². The van der Waals surface area contributed by atoms with Crippen LogP contribution in [0.15, 0.2) is 30.3 Å². The summed E-state index contributed by atoms with van der Waals surface area (Å²) < 4.78 is 29.5. The number of rotatable bonds is 6. The molecule has 3 atom stereocenters. The number of aromatic nitrogens is 1. The Kier molecular flexibility index (Phi) is 5.39. The second kappa shape index (κ2) is 8.09. The number of fused-ring (bicyclic) bond motifs is 2. The lowest BCUT2D eigenvalue weighted by atomic mass is 9.87. The number of hydrazine groups is 1. The first-order valence-corrected chi connectivity index (χ1v) is 10.9. The highest BCUT2D eigenvalue weighted by molar-refractivity contribution is 5.98. The third kappa shape index (κ3) is 3.76. The number of para-hydroxylation sites is 1. The summed E-state index contributed by atoms with van der Waals surface area (Å²) in [5.41, 5.74) is 7.06. The number of piperidine rings is 1. The van der Waals surface area contributed by atoms with Gasteiger partial charge in [0.2, 0.25) is 5.91 Å². The van der Waals surface area contributed by atoms with Gasteiger partial charge >= 0.3 is 6.61 Å². The van der Waals surface area contributed by atoms with Crippen LogP contribution in [-0.2, 0) is 9.53 Å². The van der Waals surface area contributed by atoms with E-state index >= 15 is 0 Å². The molecule has 0 radical (unpaired) electrons. The van der Waals surface area contributed by atoms with Crippen molar-refractivity contribution in [1.82, 2.24) is 25.6 Å². The van der Waals surface area contributed by atoms with Crippen molar-refractivity contribution in [2.45, 2.75) is 43.5 Å². The lowest BCUT2D eigenvalue weighted by molar-refractivity contribution is -0.155. The summed E-state index contributed by atoms with van der Waals surface area (Å²) in [4.78, 5) is 32.9. The van der Waals surface area contributed by atoms with E-state index in [1.807, 2.05) is 30.3 Å². The molecule has 0 bridgehead atoms. The summed E-state index contributed by atoms with van der Waals surface area (Å²) in [6.07, 6.45) is 2.00. The molecule has 2 amide bonds. The van der Waals surface area contributed by atoms with E-state index in [-0.39, 0.29) is 30.4 Å². The fraction of sp³-hybridized carbons (Fsp3) is 0.545. The molecule has 2 aliphatic heterocycles. The zero-order valence-electron chi connectivity index (χ0n) is 17.8. The molecule has 3 aliphatic rings. The van der Waals surface area contributed by atoms with Gasteiger partial charge in [-0.05, 0) is 31.4 Å². The summed E-state index contributed by atoms with van der Waals surface area (Å²) in [6.45, 7) is -2.00. The van der Waals surface area contributed by atoms with Gasteiger partial charge in [0.25, 0.3) is 5.91 Å². The van der Waals surface area contributed by atoms with Crippen LogP contribution < -0.4 is 10.9 Å². The van der Waals surface area contributed by atoms with Crippen LogP contribution in [0.2, 0.25) is 0 Å². The van der Waals surface area contributed by atoms with Crippen LogP contribution in [0, 0.1) is 5.92 Å². The molecular weight excluding hydrogens is 420 g/mol. The Labute approximate surface area is 184 Å². The van der Waals surface area contributed by atoms with E-state index in [0.717, 1.165) is 17.3 Å². The maximum Gasteiger partial charge on any atom is 0.345 e. The Morgan fingerprint density at radius 2 is 2.06 bits per heavy atom. The van der Waals surface area contributed by atoms with Crippen LogP contribution in [0.3, 0.4) is 0 Å². The first-order valence-electron chi connectivity index (χ1n) is 10.9.